The zero-order valence-electron chi connectivity index (χ0n) is 11.0. The number of nitrogens with one attached hydrogen (secondary N) is 1. The molecule has 1 aromatic carbocycles. The molecule has 1 unspecified atom stereocenters. The van der Waals surface area contributed by atoms with E-state index in [-0.39, 0.29) is 11.8 Å². The van der Waals surface area contributed by atoms with Gasteiger partial charge in [0.05, 0.1) is 0 Å². The summed E-state index contributed by atoms with van der Waals surface area (Å²) in [5.41, 5.74) is 1.87. The van der Waals surface area contributed by atoms with Crippen molar-refractivity contribution in [2.24, 2.45) is 29.6 Å². The Balaban J connectivity index is 1.47. The van der Waals surface area contributed by atoms with E-state index in [9.17, 15) is 4.79 Å². The molecule has 1 amide bonds. The summed E-state index contributed by atoms with van der Waals surface area (Å²) in [7, 11) is 0. The van der Waals surface area contributed by atoms with Gasteiger partial charge in [-0.25, -0.2) is 0 Å². The highest BCUT2D eigenvalue weighted by Crippen LogP contribution is 2.69. The second kappa shape index (κ2) is 3.99. The van der Waals surface area contributed by atoms with Crippen LogP contribution in [-0.4, -0.2) is 5.91 Å². The van der Waals surface area contributed by atoms with E-state index in [1.165, 1.54) is 19.3 Å². The molecule has 0 heterocycles. The molecule has 4 rings (SSSR count). The van der Waals surface area contributed by atoms with E-state index in [1.807, 2.05) is 25.1 Å². The van der Waals surface area contributed by atoms with Gasteiger partial charge in [0, 0.05) is 16.6 Å². The van der Waals surface area contributed by atoms with E-state index in [4.69, 9.17) is 11.6 Å². The largest absolute Gasteiger partial charge is 0.326 e. The van der Waals surface area contributed by atoms with Gasteiger partial charge in [-0.2, -0.15) is 0 Å². The molecule has 1 N–H and O–H groups in total. The van der Waals surface area contributed by atoms with Crippen molar-refractivity contribution in [3.05, 3.63) is 28.8 Å². The molecular weight excluding hydrogens is 258 g/mol. The molecule has 5 atom stereocenters. The van der Waals surface area contributed by atoms with Gasteiger partial charge >= 0.3 is 0 Å². The highest BCUT2D eigenvalue weighted by atomic mass is 35.5. The van der Waals surface area contributed by atoms with Gasteiger partial charge in [0.15, 0.2) is 0 Å². The van der Waals surface area contributed by atoms with E-state index in [1.54, 1.807) is 0 Å². The summed E-state index contributed by atoms with van der Waals surface area (Å²) in [4.78, 5) is 12.3. The predicted molar refractivity (Wildman–Crippen MR) is 76.1 cm³/mol. The normalized spacial score (nSPS) is 38.1. The smallest absolute Gasteiger partial charge is 0.228 e. The Morgan fingerprint density at radius 2 is 1.95 bits per heavy atom. The maximum absolute atomic E-state index is 12.3. The van der Waals surface area contributed by atoms with Crippen LogP contribution in [0.5, 0.6) is 0 Å². The van der Waals surface area contributed by atoms with E-state index >= 15 is 0 Å². The molecule has 2 nitrogen and oxygen atoms in total. The van der Waals surface area contributed by atoms with Crippen molar-refractivity contribution in [1.82, 2.24) is 0 Å². The summed E-state index contributed by atoms with van der Waals surface area (Å²) in [6.45, 7) is 1.97. The summed E-state index contributed by atoms with van der Waals surface area (Å²) in [5.74, 6) is 3.57. The first kappa shape index (κ1) is 11.8. The van der Waals surface area contributed by atoms with Gasteiger partial charge in [0.25, 0.3) is 0 Å². The van der Waals surface area contributed by atoms with Gasteiger partial charge in [-0.3, -0.25) is 4.79 Å². The fourth-order valence-electron chi connectivity index (χ4n) is 4.57. The number of carbonyl (C=O) groups excluding carboxylic acids is 1. The monoisotopic (exact) mass is 275 g/mol. The minimum atomic E-state index is 0.214. The molecule has 1 aromatic rings. The van der Waals surface area contributed by atoms with E-state index in [0.29, 0.717) is 16.9 Å². The summed E-state index contributed by atoms with van der Waals surface area (Å²) in [6, 6.07) is 5.74. The summed E-state index contributed by atoms with van der Waals surface area (Å²) < 4.78 is 0. The molecule has 3 aliphatic rings. The van der Waals surface area contributed by atoms with Crippen LogP contribution >= 0.6 is 11.6 Å². The Kier molecular flexibility index (Phi) is 2.47. The van der Waals surface area contributed by atoms with Crippen LogP contribution in [0.3, 0.4) is 0 Å². The van der Waals surface area contributed by atoms with Crippen molar-refractivity contribution in [2.45, 2.75) is 26.2 Å². The van der Waals surface area contributed by atoms with Crippen LogP contribution in [0.2, 0.25) is 5.02 Å². The summed E-state index contributed by atoms with van der Waals surface area (Å²) in [5, 5.41) is 3.76. The average Bonchev–Trinajstić information content (AvgIpc) is 2.83. The maximum Gasteiger partial charge on any atom is 0.228 e. The van der Waals surface area contributed by atoms with Crippen LogP contribution in [0.1, 0.15) is 24.8 Å². The Morgan fingerprint density at radius 3 is 2.58 bits per heavy atom. The highest BCUT2D eigenvalue weighted by Gasteiger charge is 2.67. The fourth-order valence-corrected chi connectivity index (χ4v) is 4.75. The van der Waals surface area contributed by atoms with Gasteiger partial charge in [0.1, 0.15) is 0 Å². The van der Waals surface area contributed by atoms with Gasteiger partial charge in [0.2, 0.25) is 5.91 Å². The van der Waals surface area contributed by atoms with Crippen LogP contribution in [0.4, 0.5) is 5.69 Å². The second-order valence-electron chi connectivity index (χ2n) is 6.47. The van der Waals surface area contributed by atoms with Crippen molar-refractivity contribution < 1.29 is 4.79 Å². The third-order valence-electron chi connectivity index (χ3n) is 5.48. The molecule has 3 heteroatoms. The van der Waals surface area contributed by atoms with Crippen molar-refractivity contribution in [3.8, 4) is 0 Å². The third kappa shape index (κ3) is 1.73. The molecular formula is C16H18ClNO. The Hall–Kier alpha value is -1.02. The first-order chi connectivity index (χ1) is 9.15. The van der Waals surface area contributed by atoms with Gasteiger partial charge in [-0.15, -0.1) is 0 Å². The molecule has 0 saturated heterocycles. The number of anilines is 1. The number of carbonyl (C=O) groups is 1. The van der Waals surface area contributed by atoms with Crippen LogP contribution in [0.15, 0.2) is 18.2 Å². The molecule has 3 aliphatic carbocycles. The lowest BCUT2D eigenvalue weighted by atomic mass is 10.0. The quantitative estimate of drug-likeness (QED) is 0.872. The van der Waals surface area contributed by atoms with Crippen molar-refractivity contribution in [2.75, 3.05) is 5.32 Å². The molecule has 19 heavy (non-hydrogen) atoms. The molecule has 2 bridgehead atoms. The number of fused-ring (bicyclic) bond motifs is 5. The minimum Gasteiger partial charge on any atom is -0.326 e. The number of benzene rings is 1. The predicted octanol–water partition coefficient (Wildman–Crippen LogP) is 3.88. The number of rotatable bonds is 2. The fraction of sp³-hybridized carbons (Fsp3) is 0.562. The van der Waals surface area contributed by atoms with E-state index < -0.39 is 0 Å². The first-order valence-electron chi connectivity index (χ1n) is 7.22. The lowest BCUT2D eigenvalue weighted by molar-refractivity contribution is -0.118. The summed E-state index contributed by atoms with van der Waals surface area (Å²) >= 11 is 6.09. The zero-order valence-corrected chi connectivity index (χ0v) is 11.8. The van der Waals surface area contributed by atoms with Crippen LogP contribution < -0.4 is 5.32 Å². The number of aryl methyl sites for hydroxylation is 1. The van der Waals surface area contributed by atoms with Gasteiger partial charge < -0.3 is 5.32 Å². The lowest BCUT2D eigenvalue weighted by Gasteiger charge is -2.10. The number of hydrogen-bond acceptors (Lipinski definition) is 1. The zero-order chi connectivity index (χ0) is 13.1. The Labute approximate surface area is 118 Å². The second-order valence-corrected chi connectivity index (χ2v) is 6.87. The maximum atomic E-state index is 12.3. The Morgan fingerprint density at radius 1 is 1.26 bits per heavy atom. The van der Waals surface area contributed by atoms with Crippen LogP contribution in [0.25, 0.3) is 0 Å². The van der Waals surface area contributed by atoms with E-state index in [0.717, 1.165) is 23.1 Å². The van der Waals surface area contributed by atoms with Gasteiger partial charge in [-0.05, 0) is 67.6 Å². The highest BCUT2D eigenvalue weighted by molar-refractivity contribution is 6.31. The number of halogens is 1. The SMILES string of the molecule is Cc1ccc(NC(=O)C2[C@@H]3[C@H]4CC[C@@H](C4)[C@H]23)cc1Cl. The van der Waals surface area contributed by atoms with Crippen molar-refractivity contribution in [3.63, 3.8) is 0 Å². The standard InChI is InChI=1S/C16H18ClNO/c1-8-2-5-11(7-12(8)17)18-16(19)15-13-9-3-4-10(6-9)14(13)15/h2,5,7,9-10,13-15H,3-4,6H2,1H3,(H,18,19)/t9-,10-,13-,14+,15?/m0/s1. The molecule has 0 aliphatic heterocycles. The van der Waals surface area contributed by atoms with Gasteiger partial charge in [-0.1, -0.05) is 17.7 Å². The van der Waals surface area contributed by atoms with E-state index in [2.05, 4.69) is 5.32 Å². The first-order valence-corrected chi connectivity index (χ1v) is 7.60. The average molecular weight is 276 g/mol. The number of hydrogen-bond donors (Lipinski definition) is 1. The molecule has 3 saturated carbocycles. The molecule has 3 fully saturated rings. The molecule has 0 aromatic heterocycles. The summed E-state index contributed by atoms with van der Waals surface area (Å²) in [6.07, 6.45) is 4.09. The molecule has 0 spiro atoms. The molecule has 0 radical (unpaired) electrons. The molecule has 100 valence electrons. The minimum absolute atomic E-state index is 0.214. The van der Waals surface area contributed by atoms with Crippen molar-refractivity contribution >= 4 is 23.2 Å². The number of amides is 1. The van der Waals surface area contributed by atoms with Crippen molar-refractivity contribution in [1.29, 1.82) is 0 Å². The Bertz CT molecular complexity index is 540. The third-order valence-corrected chi connectivity index (χ3v) is 5.88. The lowest BCUT2D eigenvalue weighted by Crippen LogP contribution is -2.18. The topological polar surface area (TPSA) is 29.1 Å². The van der Waals surface area contributed by atoms with Crippen LogP contribution in [-0.2, 0) is 4.79 Å². The van der Waals surface area contributed by atoms with Crippen LogP contribution in [0, 0.1) is 36.5 Å².